The Labute approximate surface area is 121 Å². The maximum atomic E-state index is 12.4. The van der Waals surface area contributed by atoms with Crippen LogP contribution in [0.4, 0.5) is 11.4 Å². The van der Waals surface area contributed by atoms with Gasteiger partial charge < -0.3 is 20.2 Å². The summed E-state index contributed by atoms with van der Waals surface area (Å²) in [7, 11) is 0. The maximum absolute atomic E-state index is 12.4. The van der Waals surface area contributed by atoms with Crippen LogP contribution in [-0.4, -0.2) is 23.5 Å². The SMILES string of the molecule is CCN(C(=O)c1ccc(C)o1)c1ccc(C(=O)O)cc1N. The molecule has 0 saturated carbocycles. The van der Waals surface area contributed by atoms with E-state index < -0.39 is 5.97 Å². The van der Waals surface area contributed by atoms with Crippen molar-refractivity contribution in [1.29, 1.82) is 0 Å². The molecule has 0 aliphatic heterocycles. The van der Waals surface area contributed by atoms with Crippen molar-refractivity contribution in [3.05, 3.63) is 47.4 Å². The largest absolute Gasteiger partial charge is 0.478 e. The Morgan fingerprint density at radius 3 is 2.48 bits per heavy atom. The van der Waals surface area contributed by atoms with Gasteiger partial charge in [0.05, 0.1) is 16.9 Å². The van der Waals surface area contributed by atoms with Gasteiger partial charge >= 0.3 is 5.97 Å². The first-order valence-electron chi connectivity index (χ1n) is 6.45. The molecule has 0 aliphatic rings. The van der Waals surface area contributed by atoms with E-state index in [-0.39, 0.29) is 22.9 Å². The van der Waals surface area contributed by atoms with Crippen LogP contribution < -0.4 is 10.6 Å². The molecular formula is C15H16N2O4. The van der Waals surface area contributed by atoms with E-state index in [0.717, 1.165) is 0 Å². The summed E-state index contributed by atoms with van der Waals surface area (Å²) in [6.07, 6.45) is 0. The topological polar surface area (TPSA) is 96.8 Å². The number of carbonyl (C=O) groups is 2. The van der Waals surface area contributed by atoms with Crippen LogP contribution >= 0.6 is 0 Å². The summed E-state index contributed by atoms with van der Waals surface area (Å²) in [5.74, 6) is -0.524. The number of aromatic carboxylic acids is 1. The van der Waals surface area contributed by atoms with Gasteiger partial charge in [-0.05, 0) is 44.2 Å². The Hall–Kier alpha value is -2.76. The number of nitrogens with zero attached hydrogens (tertiary/aromatic N) is 1. The fourth-order valence-electron chi connectivity index (χ4n) is 2.04. The van der Waals surface area contributed by atoms with Gasteiger partial charge in [0.2, 0.25) is 0 Å². The minimum absolute atomic E-state index is 0.0774. The van der Waals surface area contributed by atoms with Crippen molar-refractivity contribution in [3.8, 4) is 0 Å². The van der Waals surface area contributed by atoms with Crippen molar-refractivity contribution in [1.82, 2.24) is 0 Å². The Kier molecular flexibility index (Phi) is 3.98. The molecule has 1 aromatic heterocycles. The normalized spacial score (nSPS) is 10.4. The molecule has 0 fully saturated rings. The fourth-order valence-corrected chi connectivity index (χ4v) is 2.04. The van der Waals surface area contributed by atoms with E-state index in [1.165, 1.54) is 23.1 Å². The number of aryl methyl sites for hydroxylation is 1. The van der Waals surface area contributed by atoms with Crippen molar-refractivity contribution in [3.63, 3.8) is 0 Å². The maximum Gasteiger partial charge on any atom is 0.335 e. The first-order chi connectivity index (χ1) is 9.93. The van der Waals surface area contributed by atoms with Gasteiger partial charge in [0.15, 0.2) is 5.76 Å². The molecule has 6 nitrogen and oxygen atoms in total. The van der Waals surface area contributed by atoms with Crippen LogP contribution in [0.5, 0.6) is 0 Å². The molecular weight excluding hydrogens is 272 g/mol. The van der Waals surface area contributed by atoms with E-state index in [1.807, 2.05) is 0 Å². The number of carboxylic acids is 1. The van der Waals surface area contributed by atoms with E-state index in [1.54, 1.807) is 26.0 Å². The lowest BCUT2D eigenvalue weighted by atomic mass is 10.1. The van der Waals surface area contributed by atoms with E-state index in [9.17, 15) is 9.59 Å². The molecule has 0 aliphatic carbocycles. The first-order valence-corrected chi connectivity index (χ1v) is 6.45. The summed E-state index contributed by atoms with van der Waals surface area (Å²) in [6, 6.07) is 7.58. The van der Waals surface area contributed by atoms with Gasteiger partial charge in [0.25, 0.3) is 5.91 Å². The molecule has 2 rings (SSSR count). The van der Waals surface area contributed by atoms with Crippen LogP contribution in [0.2, 0.25) is 0 Å². The summed E-state index contributed by atoms with van der Waals surface area (Å²) in [5.41, 5.74) is 6.64. The number of benzene rings is 1. The molecule has 110 valence electrons. The van der Waals surface area contributed by atoms with Gasteiger partial charge in [0.1, 0.15) is 5.76 Å². The smallest absolute Gasteiger partial charge is 0.335 e. The lowest BCUT2D eigenvalue weighted by Gasteiger charge is -2.21. The first kappa shape index (κ1) is 14.6. The molecule has 0 bridgehead atoms. The summed E-state index contributed by atoms with van der Waals surface area (Å²) in [4.78, 5) is 24.8. The predicted octanol–water partition coefficient (Wildman–Crippen LogP) is 2.54. The van der Waals surface area contributed by atoms with E-state index >= 15 is 0 Å². The highest BCUT2D eigenvalue weighted by molar-refractivity contribution is 6.06. The number of hydrogen-bond donors (Lipinski definition) is 2. The molecule has 0 unspecified atom stereocenters. The lowest BCUT2D eigenvalue weighted by molar-refractivity contribution is 0.0697. The van der Waals surface area contributed by atoms with Crippen LogP contribution in [0, 0.1) is 6.92 Å². The van der Waals surface area contributed by atoms with Gasteiger partial charge in [-0.3, -0.25) is 4.79 Å². The Bertz CT molecular complexity index is 691. The molecule has 21 heavy (non-hydrogen) atoms. The van der Waals surface area contributed by atoms with Gasteiger partial charge in [-0.1, -0.05) is 0 Å². The zero-order chi connectivity index (χ0) is 15.6. The highest BCUT2D eigenvalue weighted by atomic mass is 16.4. The molecule has 3 N–H and O–H groups in total. The fraction of sp³-hybridized carbons (Fsp3) is 0.200. The monoisotopic (exact) mass is 288 g/mol. The van der Waals surface area contributed by atoms with Crippen LogP contribution in [0.1, 0.15) is 33.6 Å². The van der Waals surface area contributed by atoms with Crippen LogP contribution in [0.3, 0.4) is 0 Å². The second-order valence-electron chi connectivity index (χ2n) is 4.54. The summed E-state index contributed by atoms with van der Waals surface area (Å²) >= 11 is 0. The second kappa shape index (κ2) is 5.70. The molecule has 1 heterocycles. The number of hydrogen-bond acceptors (Lipinski definition) is 4. The number of carboxylic acid groups (broad SMARTS) is 1. The number of furan rings is 1. The van der Waals surface area contributed by atoms with Crippen LogP contribution in [0.15, 0.2) is 34.7 Å². The number of amides is 1. The summed E-state index contributed by atoms with van der Waals surface area (Å²) in [5, 5.41) is 8.93. The average Bonchev–Trinajstić information content (AvgIpc) is 2.87. The van der Waals surface area contributed by atoms with E-state index in [0.29, 0.717) is 18.0 Å². The predicted molar refractivity (Wildman–Crippen MR) is 78.6 cm³/mol. The highest BCUT2D eigenvalue weighted by Crippen LogP contribution is 2.26. The average molecular weight is 288 g/mol. The Morgan fingerprint density at radius 2 is 2.00 bits per heavy atom. The van der Waals surface area contributed by atoms with Crippen molar-refractivity contribution < 1.29 is 19.1 Å². The van der Waals surface area contributed by atoms with E-state index in [2.05, 4.69) is 0 Å². The van der Waals surface area contributed by atoms with Gasteiger partial charge in [-0.15, -0.1) is 0 Å². The zero-order valence-electron chi connectivity index (χ0n) is 11.8. The minimum atomic E-state index is -1.07. The number of carbonyl (C=O) groups excluding carboxylic acids is 1. The van der Waals surface area contributed by atoms with Gasteiger partial charge in [0, 0.05) is 6.54 Å². The molecule has 6 heteroatoms. The Balaban J connectivity index is 2.37. The molecule has 1 aromatic carbocycles. The number of nitrogens with two attached hydrogens (primary N) is 1. The Morgan fingerprint density at radius 1 is 1.29 bits per heavy atom. The third-order valence-electron chi connectivity index (χ3n) is 3.08. The zero-order valence-corrected chi connectivity index (χ0v) is 11.8. The number of rotatable bonds is 4. The van der Waals surface area contributed by atoms with Gasteiger partial charge in [-0.2, -0.15) is 0 Å². The van der Waals surface area contributed by atoms with Crippen LogP contribution in [0.25, 0.3) is 0 Å². The molecule has 0 saturated heterocycles. The van der Waals surface area contributed by atoms with Crippen molar-refractivity contribution >= 4 is 23.3 Å². The second-order valence-corrected chi connectivity index (χ2v) is 4.54. The molecule has 0 atom stereocenters. The highest BCUT2D eigenvalue weighted by Gasteiger charge is 2.21. The van der Waals surface area contributed by atoms with Crippen molar-refractivity contribution in [2.24, 2.45) is 0 Å². The molecule has 0 spiro atoms. The van der Waals surface area contributed by atoms with Crippen molar-refractivity contribution in [2.45, 2.75) is 13.8 Å². The summed E-state index contributed by atoms with van der Waals surface area (Å²) < 4.78 is 5.33. The van der Waals surface area contributed by atoms with Crippen LogP contribution in [-0.2, 0) is 0 Å². The lowest BCUT2D eigenvalue weighted by Crippen LogP contribution is -2.31. The number of anilines is 2. The molecule has 0 radical (unpaired) electrons. The molecule has 2 aromatic rings. The quantitative estimate of drug-likeness (QED) is 0.843. The third kappa shape index (κ3) is 2.89. The van der Waals surface area contributed by atoms with E-state index in [4.69, 9.17) is 15.3 Å². The third-order valence-corrected chi connectivity index (χ3v) is 3.08. The minimum Gasteiger partial charge on any atom is -0.478 e. The summed E-state index contributed by atoms with van der Waals surface area (Å²) in [6.45, 7) is 3.94. The standard InChI is InChI=1S/C15H16N2O4/c1-3-17(14(18)13-7-4-9(2)21-13)12-6-5-10(15(19)20)8-11(12)16/h4-8H,3,16H2,1-2H3,(H,19,20). The van der Waals surface area contributed by atoms with Gasteiger partial charge in [-0.25, -0.2) is 4.79 Å². The molecule has 1 amide bonds. The number of nitrogen functional groups attached to an aromatic ring is 1. The van der Waals surface area contributed by atoms with Crippen molar-refractivity contribution in [2.75, 3.05) is 17.2 Å².